The third-order valence-corrected chi connectivity index (χ3v) is 2.66. The number of halogens is 1. The second kappa shape index (κ2) is 4.63. The van der Waals surface area contributed by atoms with E-state index in [9.17, 15) is 4.39 Å². The van der Waals surface area contributed by atoms with E-state index in [-0.39, 0.29) is 11.7 Å². The monoisotopic (exact) mass is 235 g/mol. The van der Waals surface area contributed by atoms with Crippen LogP contribution in [0.4, 0.5) is 4.39 Å². The van der Waals surface area contributed by atoms with Crippen molar-refractivity contribution in [2.75, 3.05) is 6.54 Å². The van der Waals surface area contributed by atoms with Crippen molar-refractivity contribution in [3.63, 3.8) is 0 Å². The van der Waals surface area contributed by atoms with E-state index in [1.165, 1.54) is 12.1 Å². The van der Waals surface area contributed by atoms with Crippen molar-refractivity contribution in [2.24, 2.45) is 5.73 Å². The van der Waals surface area contributed by atoms with Crippen molar-refractivity contribution in [1.82, 2.24) is 10.1 Å². The summed E-state index contributed by atoms with van der Waals surface area (Å²) in [6, 6.07) is 4.49. The minimum Gasteiger partial charge on any atom is -0.339 e. The van der Waals surface area contributed by atoms with Gasteiger partial charge in [0.15, 0.2) is 0 Å². The molecule has 0 saturated heterocycles. The number of hydrogen-bond acceptors (Lipinski definition) is 4. The van der Waals surface area contributed by atoms with Crippen LogP contribution in [0.1, 0.15) is 24.3 Å². The normalized spacial score (nSPS) is 12.7. The molecule has 0 saturated carbocycles. The molecule has 0 spiro atoms. The summed E-state index contributed by atoms with van der Waals surface area (Å²) >= 11 is 0. The number of rotatable bonds is 3. The minimum atomic E-state index is -0.316. The molecule has 2 rings (SSSR count). The molecule has 17 heavy (non-hydrogen) atoms. The fourth-order valence-electron chi connectivity index (χ4n) is 1.48. The molecule has 1 unspecified atom stereocenters. The first kappa shape index (κ1) is 11.7. The number of benzene rings is 1. The van der Waals surface area contributed by atoms with Gasteiger partial charge in [-0.15, -0.1) is 0 Å². The summed E-state index contributed by atoms with van der Waals surface area (Å²) in [5, 5.41) is 3.85. The van der Waals surface area contributed by atoms with Crippen molar-refractivity contribution in [2.45, 2.75) is 19.8 Å². The topological polar surface area (TPSA) is 64.9 Å². The average molecular weight is 235 g/mol. The lowest BCUT2D eigenvalue weighted by molar-refractivity contribution is 0.361. The lowest BCUT2D eigenvalue weighted by Gasteiger charge is -2.00. The molecule has 1 aromatic heterocycles. The van der Waals surface area contributed by atoms with Crippen LogP contribution in [0.25, 0.3) is 11.4 Å². The Morgan fingerprint density at radius 1 is 1.47 bits per heavy atom. The number of hydrogen-bond donors (Lipinski definition) is 1. The molecule has 1 aromatic carbocycles. The summed E-state index contributed by atoms with van der Waals surface area (Å²) in [5.74, 6) is 0.567. The Hall–Kier alpha value is -1.75. The third-order valence-electron chi connectivity index (χ3n) is 2.66. The van der Waals surface area contributed by atoms with E-state index in [0.29, 0.717) is 23.8 Å². The molecule has 0 radical (unpaired) electrons. The Bertz CT molecular complexity index is 524. The summed E-state index contributed by atoms with van der Waals surface area (Å²) in [5.41, 5.74) is 7.06. The molecule has 5 heteroatoms. The van der Waals surface area contributed by atoms with Gasteiger partial charge in [-0.2, -0.15) is 4.98 Å². The number of nitrogens with two attached hydrogens (primary N) is 1. The standard InChI is InChI=1S/C12H14FN3O/c1-7-3-4-9(13)5-10(7)11-15-12(17-16-11)8(2)6-14/h3-5,8H,6,14H2,1-2H3. The molecule has 90 valence electrons. The van der Waals surface area contributed by atoms with E-state index in [2.05, 4.69) is 10.1 Å². The van der Waals surface area contributed by atoms with Gasteiger partial charge in [-0.3, -0.25) is 0 Å². The second-order valence-electron chi connectivity index (χ2n) is 4.05. The van der Waals surface area contributed by atoms with E-state index < -0.39 is 0 Å². The predicted octanol–water partition coefficient (Wildman–Crippen LogP) is 2.25. The molecule has 1 atom stereocenters. The molecular weight excluding hydrogens is 221 g/mol. The van der Waals surface area contributed by atoms with Crippen LogP contribution in [0.2, 0.25) is 0 Å². The van der Waals surface area contributed by atoms with E-state index in [0.717, 1.165) is 5.56 Å². The van der Waals surface area contributed by atoms with E-state index in [1.54, 1.807) is 6.07 Å². The summed E-state index contributed by atoms with van der Waals surface area (Å²) < 4.78 is 18.3. The predicted molar refractivity (Wildman–Crippen MR) is 61.9 cm³/mol. The highest BCUT2D eigenvalue weighted by atomic mass is 19.1. The molecule has 1 heterocycles. The van der Waals surface area contributed by atoms with Gasteiger partial charge in [-0.05, 0) is 24.6 Å². The molecule has 0 fully saturated rings. The van der Waals surface area contributed by atoms with Crippen LogP contribution in [0, 0.1) is 12.7 Å². The Morgan fingerprint density at radius 2 is 2.24 bits per heavy atom. The number of nitrogens with zero attached hydrogens (tertiary/aromatic N) is 2. The SMILES string of the molecule is Cc1ccc(F)cc1-c1noc(C(C)CN)n1. The zero-order valence-electron chi connectivity index (χ0n) is 9.77. The molecular formula is C12H14FN3O. The quantitative estimate of drug-likeness (QED) is 0.886. The zero-order chi connectivity index (χ0) is 12.4. The van der Waals surface area contributed by atoms with Crippen molar-refractivity contribution in [3.05, 3.63) is 35.5 Å². The van der Waals surface area contributed by atoms with E-state index in [4.69, 9.17) is 10.3 Å². The summed E-state index contributed by atoms with van der Waals surface area (Å²) in [6.45, 7) is 4.21. The van der Waals surface area contributed by atoms with E-state index in [1.807, 2.05) is 13.8 Å². The zero-order valence-corrected chi connectivity index (χ0v) is 9.77. The molecule has 0 aliphatic heterocycles. The van der Waals surface area contributed by atoms with Crippen LogP contribution < -0.4 is 5.73 Å². The first-order valence-electron chi connectivity index (χ1n) is 5.42. The first-order chi connectivity index (χ1) is 8.11. The summed E-state index contributed by atoms with van der Waals surface area (Å²) in [4.78, 5) is 4.23. The highest BCUT2D eigenvalue weighted by Gasteiger charge is 2.15. The lowest BCUT2D eigenvalue weighted by Crippen LogP contribution is -2.08. The molecule has 2 N–H and O–H groups in total. The van der Waals surface area contributed by atoms with Crippen LogP contribution in [-0.4, -0.2) is 16.7 Å². The van der Waals surface area contributed by atoms with Gasteiger partial charge in [0.25, 0.3) is 0 Å². The van der Waals surface area contributed by atoms with Crippen LogP contribution >= 0.6 is 0 Å². The van der Waals surface area contributed by atoms with Gasteiger partial charge >= 0.3 is 0 Å². The Balaban J connectivity index is 2.40. The Labute approximate surface area is 98.6 Å². The van der Waals surface area contributed by atoms with Crippen LogP contribution in [0.15, 0.2) is 22.7 Å². The van der Waals surface area contributed by atoms with Crippen LogP contribution in [-0.2, 0) is 0 Å². The smallest absolute Gasteiger partial charge is 0.231 e. The number of aryl methyl sites for hydroxylation is 1. The Kier molecular flexibility index (Phi) is 3.19. The molecule has 0 aliphatic carbocycles. The highest BCUT2D eigenvalue weighted by Crippen LogP contribution is 2.23. The molecule has 4 nitrogen and oxygen atoms in total. The van der Waals surface area contributed by atoms with Gasteiger partial charge in [0.05, 0.1) is 0 Å². The van der Waals surface area contributed by atoms with Gasteiger partial charge in [0.2, 0.25) is 11.7 Å². The van der Waals surface area contributed by atoms with Crippen LogP contribution in [0.5, 0.6) is 0 Å². The maximum atomic E-state index is 13.2. The maximum Gasteiger partial charge on any atom is 0.231 e. The maximum absolute atomic E-state index is 13.2. The molecule has 0 amide bonds. The fraction of sp³-hybridized carbons (Fsp3) is 0.333. The molecule has 2 aromatic rings. The van der Waals surface area contributed by atoms with Crippen LogP contribution in [0.3, 0.4) is 0 Å². The lowest BCUT2D eigenvalue weighted by atomic mass is 10.1. The minimum absolute atomic E-state index is 0.00474. The van der Waals surface area contributed by atoms with Crippen molar-refractivity contribution < 1.29 is 8.91 Å². The van der Waals surface area contributed by atoms with Crippen molar-refractivity contribution >= 4 is 0 Å². The molecule has 0 bridgehead atoms. The average Bonchev–Trinajstić information content (AvgIpc) is 2.80. The van der Waals surface area contributed by atoms with Gasteiger partial charge < -0.3 is 10.3 Å². The van der Waals surface area contributed by atoms with Crippen molar-refractivity contribution in [3.8, 4) is 11.4 Å². The van der Waals surface area contributed by atoms with Gasteiger partial charge in [0.1, 0.15) is 5.82 Å². The summed E-state index contributed by atoms with van der Waals surface area (Å²) in [6.07, 6.45) is 0. The second-order valence-corrected chi connectivity index (χ2v) is 4.05. The molecule has 0 aliphatic rings. The van der Waals surface area contributed by atoms with Gasteiger partial charge in [0, 0.05) is 18.0 Å². The van der Waals surface area contributed by atoms with E-state index >= 15 is 0 Å². The van der Waals surface area contributed by atoms with Gasteiger partial charge in [-0.1, -0.05) is 18.1 Å². The van der Waals surface area contributed by atoms with Gasteiger partial charge in [-0.25, -0.2) is 4.39 Å². The Morgan fingerprint density at radius 3 is 2.94 bits per heavy atom. The third kappa shape index (κ3) is 2.34. The first-order valence-corrected chi connectivity index (χ1v) is 5.42. The fourth-order valence-corrected chi connectivity index (χ4v) is 1.48. The van der Waals surface area contributed by atoms with Crippen molar-refractivity contribution in [1.29, 1.82) is 0 Å². The summed E-state index contributed by atoms with van der Waals surface area (Å²) in [7, 11) is 0. The number of aromatic nitrogens is 2. The largest absolute Gasteiger partial charge is 0.339 e. The highest BCUT2D eigenvalue weighted by molar-refractivity contribution is 5.59.